The monoisotopic (exact) mass is 331 g/mol. The lowest BCUT2D eigenvalue weighted by atomic mass is 10.2. The molecule has 2 aromatic carbocycles. The van der Waals surface area contributed by atoms with Crippen LogP contribution in [0.25, 0.3) is 22.1 Å². The molecule has 2 aromatic heterocycles. The van der Waals surface area contributed by atoms with E-state index in [2.05, 4.69) is 45.7 Å². The second-order valence-corrected chi connectivity index (χ2v) is 6.12. The van der Waals surface area contributed by atoms with Crippen LogP contribution < -0.4 is 0 Å². The first-order valence-corrected chi connectivity index (χ1v) is 8.18. The molecule has 0 aliphatic carbocycles. The number of fused-ring (bicyclic) bond motifs is 2. The van der Waals surface area contributed by atoms with Crippen LogP contribution in [0, 0.1) is 25.2 Å². The van der Waals surface area contributed by atoms with Crippen LogP contribution in [0.3, 0.4) is 0 Å². The Bertz CT molecular complexity index is 1080. The summed E-state index contributed by atoms with van der Waals surface area (Å²) < 4.78 is 4.06. The number of hydrogen-bond donors (Lipinski definition) is 0. The third kappa shape index (κ3) is 3.24. The molecule has 0 aliphatic rings. The molecule has 0 atom stereocenters. The molecule has 0 unspecified atom stereocenters. The molecule has 4 rings (SSSR count). The fraction of sp³-hybridized carbons (Fsp3) is 0.250. The minimum atomic E-state index is 0.366. The highest BCUT2D eigenvalue weighted by Crippen LogP contribution is 2.15. The highest BCUT2D eigenvalue weighted by Gasteiger charge is 2.05. The van der Waals surface area contributed by atoms with Crippen molar-refractivity contribution in [2.75, 3.05) is 0 Å². The van der Waals surface area contributed by atoms with E-state index in [1.165, 1.54) is 11.1 Å². The van der Waals surface area contributed by atoms with Crippen molar-refractivity contribution < 1.29 is 0 Å². The van der Waals surface area contributed by atoms with Gasteiger partial charge in [0.05, 0.1) is 34.6 Å². The number of aryl methyl sites for hydroxylation is 4. The molecule has 5 heteroatoms. The van der Waals surface area contributed by atoms with E-state index in [0.717, 1.165) is 28.2 Å². The third-order valence-corrected chi connectivity index (χ3v) is 4.38. The zero-order valence-electron chi connectivity index (χ0n) is 15.0. The van der Waals surface area contributed by atoms with Crippen molar-refractivity contribution in [2.24, 2.45) is 14.1 Å². The lowest BCUT2D eigenvalue weighted by molar-refractivity contribution is 0.857. The van der Waals surface area contributed by atoms with Crippen molar-refractivity contribution >= 4 is 22.1 Å². The van der Waals surface area contributed by atoms with Gasteiger partial charge in [-0.25, -0.2) is 9.97 Å². The second kappa shape index (κ2) is 6.78. The van der Waals surface area contributed by atoms with E-state index in [1.807, 2.05) is 49.9 Å². The van der Waals surface area contributed by atoms with Gasteiger partial charge in [0, 0.05) is 14.1 Å². The van der Waals surface area contributed by atoms with E-state index in [4.69, 9.17) is 5.26 Å². The number of para-hydroxylation sites is 2. The van der Waals surface area contributed by atoms with Crippen LogP contribution in [0.5, 0.6) is 0 Å². The maximum Gasteiger partial charge on any atom is 0.123 e. The smallest absolute Gasteiger partial charge is 0.123 e. The summed E-state index contributed by atoms with van der Waals surface area (Å²) in [5, 5.41) is 8.57. The van der Waals surface area contributed by atoms with Crippen molar-refractivity contribution in [3.8, 4) is 6.07 Å². The van der Waals surface area contributed by atoms with Gasteiger partial charge in [0.25, 0.3) is 0 Å². The molecule has 0 bridgehead atoms. The lowest BCUT2D eigenvalue weighted by Gasteiger charge is -1.95. The Morgan fingerprint density at radius 1 is 0.920 bits per heavy atom. The molecule has 5 nitrogen and oxygen atoms in total. The normalized spacial score (nSPS) is 10.5. The molecular formula is C20H21N5. The summed E-state index contributed by atoms with van der Waals surface area (Å²) in [5.74, 6) is 1.89. The van der Waals surface area contributed by atoms with Crippen LogP contribution in [0.2, 0.25) is 0 Å². The summed E-state index contributed by atoms with van der Waals surface area (Å²) in [4.78, 5) is 8.78. The predicted octanol–water partition coefficient (Wildman–Crippen LogP) is 3.83. The second-order valence-electron chi connectivity index (χ2n) is 6.12. The summed E-state index contributed by atoms with van der Waals surface area (Å²) in [5.41, 5.74) is 5.59. The predicted molar refractivity (Wildman–Crippen MR) is 100 cm³/mol. The van der Waals surface area contributed by atoms with E-state index in [9.17, 15) is 0 Å². The lowest BCUT2D eigenvalue weighted by Crippen LogP contribution is -1.95. The maximum absolute atomic E-state index is 8.57. The molecule has 0 spiro atoms. The van der Waals surface area contributed by atoms with Crippen LogP contribution in [-0.4, -0.2) is 19.1 Å². The van der Waals surface area contributed by atoms with Crippen molar-refractivity contribution in [3.05, 3.63) is 59.7 Å². The van der Waals surface area contributed by atoms with Crippen LogP contribution in [-0.2, 0) is 20.5 Å². The molecule has 0 N–H and O–H groups in total. The molecule has 0 saturated heterocycles. The summed E-state index contributed by atoms with van der Waals surface area (Å²) >= 11 is 0. The SMILES string of the molecule is Cc1ccc2c(c1)nc(C)n2C.Cn1c(CC#N)nc2ccccc21. The van der Waals surface area contributed by atoms with Gasteiger partial charge in [0.1, 0.15) is 11.6 Å². The van der Waals surface area contributed by atoms with Crippen LogP contribution in [0.1, 0.15) is 17.2 Å². The van der Waals surface area contributed by atoms with E-state index < -0.39 is 0 Å². The molecule has 126 valence electrons. The summed E-state index contributed by atoms with van der Waals surface area (Å²) in [6.07, 6.45) is 0.366. The van der Waals surface area contributed by atoms with Gasteiger partial charge in [-0.15, -0.1) is 0 Å². The zero-order valence-corrected chi connectivity index (χ0v) is 15.0. The van der Waals surface area contributed by atoms with E-state index in [1.54, 1.807) is 0 Å². The summed E-state index contributed by atoms with van der Waals surface area (Å²) in [7, 11) is 3.97. The van der Waals surface area contributed by atoms with Crippen LogP contribution >= 0.6 is 0 Å². The van der Waals surface area contributed by atoms with Crippen LogP contribution in [0.4, 0.5) is 0 Å². The molecule has 0 saturated carbocycles. The van der Waals surface area contributed by atoms with Crippen LogP contribution in [0.15, 0.2) is 42.5 Å². The van der Waals surface area contributed by atoms with Crippen molar-refractivity contribution in [2.45, 2.75) is 20.3 Å². The van der Waals surface area contributed by atoms with Gasteiger partial charge >= 0.3 is 0 Å². The third-order valence-electron chi connectivity index (χ3n) is 4.38. The molecule has 0 fully saturated rings. The first kappa shape index (κ1) is 16.7. The molecule has 4 aromatic rings. The average molecular weight is 331 g/mol. The van der Waals surface area contributed by atoms with Gasteiger partial charge in [-0.2, -0.15) is 5.26 Å². The standard InChI is InChI=1S/C10H9N3.C10H12N2/c1-13-9-5-3-2-4-8(9)12-10(13)6-7-11;1-7-4-5-10-9(6-7)11-8(2)12(10)3/h2-5H,6H2,1H3;4-6H,1-3H3. The number of imidazole rings is 2. The maximum atomic E-state index is 8.57. The van der Waals surface area contributed by atoms with E-state index >= 15 is 0 Å². The average Bonchev–Trinajstić information content (AvgIpc) is 3.06. The van der Waals surface area contributed by atoms with Crippen molar-refractivity contribution in [1.29, 1.82) is 5.26 Å². The van der Waals surface area contributed by atoms with Gasteiger partial charge in [-0.05, 0) is 43.7 Å². The van der Waals surface area contributed by atoms with Gasteiger partial charge in [-0.1, -0.05) is 18.2 Å². The summed E-state index contributed by atoms with van der Waals surface area (Å²) in [6.45, 7) is 4.11. The van der Waals surface area contributed by atoms with Gasteiger partial charge in [0.15, 0.2) is 0 Å². The fourth-order valence-corrected chi connectivity index (χ4v) is 2.85. The summed E-state index contributed by atoms with van der Waals surface area (Å²) in [6, 6.07) is 16.3. The topological polar surface area (TPSA) is 59.4 Å². The Hall–Kier alpha value is -3.13. The Morgan fingerprint density at radius 2 is 1.64 bits per heavy atom. The first-order chi connectivity index (χ1) is 12.0. The quantitative estimate of drug-likeness (QED) is 0.532. The molecule has 0 amide bonds. The van der Waals surface area contributed by atoms with E-state index in [0.29, 0.717) is 6.42 Å². The molecule has 2 heterocycles. The number of rotatable bonds is 1. The number of nitrogens with zero attached hydrogens (tertiary/aromatic N) is 5. The Kier molecular flexibility index (Phi) is 4.53. The minimum Gasteiger partial charge on any atom is -0.331 e. The fourth-order valence-electron chi connectivity index (χ4n) is 2.85. The first-order valence-electron chi connectivity index (χ1n) is 8.18. The molecule has 0 aliphatic heterocycles. The highest BCUT2D eigenvalue weighted by atomic mass is 15.1. The van der Waals surface area contributed by atoms with Gasteiger partial charge in [-0.3, -0.25) is 0 Å². The largest absolute Gasteiger partial charge is 0.331 e. The van der Waals surface area contributed by atoms with Crippen molar-refractivity contribution in [3.63, 3.8) is 0 Å². The highest BCUT2D eigenvalue weighted by molar-refractivity contribution is 5.77. The van der Waals surface area contributed by atoms with Crippen molar-refractivity contribution in [1.82, 2.24) is 19.1 Å². The Balaban J connectivity index is 0.000000146. The van der Waals surface area contributed by atoms with E-state index in [-0.39, 0.29) is 0 Å². The molecular weight excluding hydrogens is 310 g/mol. The van der Waals surface area contributed by atoms with Gasteiger partial charge in [0.2, 0.25) is 0 Å². The number of nitriles is 1. The minimum absolute atomic E-state index is 0.366. The number of aromatic nitrogens is 4. The molecule has 25 heavy (non-hydrogen) atoms. The van der Waals surface area contributed by atoms with Gasteiger partial charge < -0.3 is 9.13 Å². The number of benzene rings is 2. The number of hydrogen-bond acceptors (Lipinski definition) is 3. The Labute approximate surface area is 147 Å². The zero-order chi connectivity index (χ0) is 18.0. The molecule has 0 radical (unpaired) electrons. The Morgan fingerprint density at radius 3 is 2.36 bits per heavy atom.